The highest BCUT2D eigenvalue weighted by Crippen LogP contribution is 2.23. The van der Waals surface area contributed by atoms with E-state index in [1.807, 2.05) is 24.3 Å². The van der Waals surface area contributed by atoms with Crippen LogP contribution in [0.2, 0.25) is 0 Å². The first kappa shape index (κ1) is 9.72. The van der Waals surface area contributed by atoms with Gasteiger partial charge in [-0.1, -0.05) is 12.1 Å². The molecule has 0 aliphatic heterocycles. The number of aromatic carboxylic acids is 1. The molecule has 2 aromatic heterocycles. The van der Waals surface area contributed by atoms with Crippen LogP contribution in [0.4, 0.5) is 0 Å². The molecule has 4 heteroatoms. The second kappa shape index (κ2) is 3.52. The fourth-order valence-corrected chi connectivity index (χ4v) is 1.87. The lowest BCUT2D eigenvalue weighted by Crippen LogP contribution is -1.93. The number of carbonyl (C=O) groups is 1. The van der Waals surface area contributed by atoms with E-state index in [4.69, 9.17) is 5.11 Å². The minimum Gasteiger partial charge on any atom is -0.478 e. The van der Waals surface area contributed by atoms with Crippen LogP contribution in [0, 0.1) is 0 Å². The van der Waals surface area contributed by atoms with E-state index >= 15 is 0 Å². The summed E-state index contributed by atoms with van der Waals surface area (Å²) in [7, 11) is 0. The SMILES string of the molecule is O=C(O)c1cnc2cc3nccccc3cc12. The van der Waals surface area contributed by atoms with Crippen LogP contribution in [0.1, 0.15) is 10.4 Å². The van der Waals surface area contributed by atoms with Gasteiger partial charge in [-0.25, -0.2) is 4.79 Å². The van der Waals surface area contributed by atoms with E-state index in [1.165, 1.54) is 6.20 Å². The first-order chi connectivity index (χ1) is 8.25. The number of carboxylic acids is 1. The average molecular weight is 224 g/mol. The van der Waals surface area contributed by atoms with Crippen molar-refractivity contribution in [3.05, 3.63) is 48.3 Å². The zero-order valence-corrected chi connectivity index (χ0v) is 8.79. The van der Waals surface area contributed by atoms with Crippen LogP contribution < -0.4 is 0 Å². The summed E-state index contributed by atoms with van der Waals surface area (Å²) >= 11 is 0. The first-order valence-corrected chi connectivity index (χ1v) is 5.12. The van der Waals surface area contributed by atoms with Crippen molar-refractivity contribution in [2.75, 3.05) is 0 Å². The number of aromatic nitrogens is 2. The summed E-state index contributed by atoms with van der Waals surface area (Å²) < 4.78 is 0. The van der Waals surface area contributed by atoms with E-state index < -0.39 is 5.97 Å². The monoisotopic (exact) mass is 224 g/mol. The molecule has 0 saturated carbocycles. The third kappa shape index (κ3) is 1.50. The van der Waals surface area contributed by atoms with Gasteiger partial charge in [0.05, 0.1) is 16.6 Å². The van der Waals surface area contributed by atoms with E-state index in [2.05, 4.69) is 9.97 Å². The molecule has 2 heterocycles. The molecule has 0 aliphatic carbocycles. The van der Waals surface area contributed by atoms with Crippen LogP contribution in [0.25, 0.3) is 21.8 Å². The number of fused-ring (bicyclic) bond motifs is 2. The fourth-order valence-electron chi connectivity index (χ4n) is 1.87. The fraction of sp³-hybridized carbons (Fsp3) is 0. The molecule has 0 saturated heterocycles. The number of nitrogens with zero attached hydrogens (tertiary/aromatic N) is 2. The van der Waals surface area contributed by atoms with E-state index in [1.54, 1.807) is 12.3 Å². The molecule has 0 unspecified atom stereocenters. The molecule has 0 bridgehead atoms. The van der Waals surface area contributed by atoms with Gasteiger partial charge in [0.2, 0.25) is 0 Å². The van der Waals surface area contributed by atoms with E-state index in [-0.39, 0.29) is 5.56 Å². The Kier molecular flexibility index (Phi) is 2.01. The maximum atomic E-state index is 11.0. The molecule has 0 atom stereocenters. The van der Waals surface area contributed by atoms with Gasteiger partial charge in [-0.05, 0) is 18.2 Å². The Morgan fingerprint density at radius 3 is 2.82 bits per heavy atom. The van der Waals surface area contributed by atoms with Crippen LogP contribution in [0.15, 0.2) is 42.7 Å². The number of hydrogen-bond donors (Lipinski definition) is 1. The van der Waals surface area contributed by atoms with Crippen molar-refractivity contribution in [1.82, 2.24) is 9.97 Å². The molecule has 17 heavy (non-hydrogen) atoms. The molecule has 0 aliphatic rings. The Balaban J connectivity index is 2.45. The van der Waals surface area contributed by atoms with Crippen LogP contribution in [0.5, 0.6) is 0 Å². The largest absolute Gasteiger partial charge is 0.478 e. The van der Waals surface area contributed by atoms with Gasteiger partial charge in [-0.3, -0.25) is 9.97 Å². The highest BCUT2D eigenvalue weighted by Gasteiger charge is 2.11. The summed E-state index contributed by atoms with van der Waals surface area (Å²) in [6.45, 7) is 0. The van der Waals surface area contributed by atoms with Gasteiger partial charge >= 0.3 is 5.97 Å². The molecule has 3 rings (SSSR count). The van der Waals surface area contributed by atoms with Gasteiger partial charge in [0, 0.05) is 23.2 Å². The van der Waals surface area contributed by atoms with Crippen molar-refractivity contribution in [2.24, 2.45) is 0 Å². The summed E-state index contributed by atoms with van der Waals surface area (Å²) in [6.07, 6.45) is 3.08. The Morgan fingerprint density at radius 1 is 1.12 bits per heavy atom. The molecule has 82 valence electrons. The zero-order chi connectivity index (χ0) is 11.8. The normalized spacial score (nSPS) is 10.8. The zero-order valence-electron chi connectivity index (χ0n) is 8.79. The minimum absolute atomic E-state index is 0.230. The number of rotatable bonds is 1. The molecular formula is C13H8N2O2. The third-order valence-electron chi connectivity index (χ3n) is 2.68. The van der Waals surface area contributed by atoms with Gasteiger partial charge in [0.25, 0.3) is 0 Å². The molecule has 0 spiro atoms. The van der Waals surface area contributed by atoms with Gasteiger partial charge in [0.1, 0.15) is 0 Å². The average Bonchev–Trinajstić information content (AvgIpc) is 2.57. The van der Waals surface area contributed by atoms with Crippen molar-refractivity contribution in [3.8, 4) is 0 Å². The second-order valence-corrected chi connectivity index (χ2v) is 3.73. The van der Waals surface area contributed by atoms with Crippen molar-refractivity contribution in [1.29, 1.82) is 0 Å². The van der Waals surface area contributed by atoms with Crippen LogP contribution in [0.3, 0.4) is 0 Å². The molecule has 3 aromatic rings. The van der Waals surface area contributed by atoms with Crippen LogP contribution in [-0.2, 0) is 0 Å². The molecule has 0 radical (unpaired) electrons. The van der Waals surface area contributed by atoms with E-state index in [9.17, 15) is 4.79 Å². The van der Waals surface area contributed by atoms with Gasteiger partial charge in [-0.2, -0.15) is 0 Å². The van der Waals surface area contributed by atoms with Crippen LogP contribution >= 0.6 is 0 Å². The van der Waals surface area contributed by atoms with Crippen molar-refractivity contribution >= 4 is 27.8 Å². The lowest BCUT2D eigenvalue weighted by molar-refractivity contribution is 0.0699. The first-order valence-electron chi connectivity index (χ1n) is 5.12. The Labute approximate surface area is 96.6 Å². The lowest BCUT2D eigenvalue weighted by Gasteiger charge is -1.94. The maximum Gasteiger partial charge on any atom is 0.337 e. The Morgan fingerprint density at radius 2 is 2.00 bits per heavy atom. The van der Waals surface area contributed by atoms with E-state index in [0.29, 0.717) is 10.9 Å². The summed E-state index contributed by atoms with van der Waals surface area (Å²) in [4.78, 5) is 19.4. The topological polar surface area (TPSA) is 63.1 Å². The van der Waals surface area contributed by atoms with Crippen molar-refractivity contribution in [3.63, 3.8) is 0 Å². The lowest BCUT2D eigenvalue weighted by atomic mass is 10.1. The van der Waals surface area contributed by atoms with Crippen LogP contribution in [-0.4, -0.2) is 21.0 Å². The highest BCUT2D eigenvalue weighted by atomic mass is 16.4. The van der Waals surface area contributed by atoms with Crippen molar-refractivity contribution < 1.29 is 9.90 Å². The quantitative estimate of drug-likeness (QED) is 0.689. The predicted molar refractivity (Wildman–Crippen MR) is 64.0 cm³/mol. The second-order valence-electron chi connectivity index (χ2n) is 3.73. The summed E-state index contributed by atoms with van der Waals surface area (Å²) in [5.74, 6) is -0.958. The molecule has 1 N–H and O–H groups in total. The molecular weight excluding hydrogens is 216 g/mol. The standard InChI is InChI=1S/C13H8N2O2/c16-13(17)10-7-15-12-6-11-8(5-9(10)12)3-1-2-4-14-11/h1-7H,(H,16,17). The maximum absolute atomic E-state index is 11.0. The molecule has 4 nitrogen and oxygen atoms in total. The minimum atomic E-state index is -0.958. The third-order valence-corrected chi connectivity index (χ3v) is 2.68. The van der Waals surface area contributed by atoms with Gasteiger partial charge < -0.3 is 5.11 Å². The smallest absolute Gasteiger partial charge is 0.337 e. The number of benzene rings is 1. The number of hydrogen-bond acceptors (Lipinski definition) is 3. The highest BCUT2D eigenvalue weighted by molar-refractivity contribution is 6.07. The van der Waals surface area contributed by atoms with Gasteiger partial charge in [-0.15, -0.1) is 0 Å². The summed E-state index contributed by atoms with van der Waals surface area (Å²) in [6, 6.07) is 9.22. The van der Waals surface area contributed by atoms with E-state index in [0.717, 1.165) is 10.9 Å². The Bertz CT molecular complexity index is 738. The van der Waals surface area contributed by atoms with Gasteiger partial charge in [0.15, 0.2) is 0 Å². The molecule has 0 amide bonds. The summed E-state index contributed by atoms with van der Waals surface area (Å²) in [5.41, 5.74) is 1.69. The Hall–Kier alpha value is -2.49. The summed E-state index contributed by atoms with van der Waals surface area (Å²) in [5, 5.41) is 10.6. The molecule has 0 fully saturated rings. The van der Waals surface area contributed by atoms with Crippen molar-refractivity contribution in [2.45, 2.75) is 0 Å². The number of carboxylic acid groups (broad SMARTS) is 1. The predicted octanol–water partition coefficient (Wildman–Crippen LogP) is 2.48. The molecule has 1 aromatic carbocycles.